The summed E-state index contributed by atoms with van der Waals surface area (Å²) in [6.45, 7) is 2.24. The maximum atomic E-state index is 12.4. The number of methoxy groups -OCH3 is 1. The molecule has 0 unspecified atom stereocenters. The molecule has 0 radical (unpaired) electrons. The third-order valence-corrected chi connectivity index (χ3v) is 4.48. The fraction of sp³-hybridized carbons (Fsp3) is 0.533. The fourth-order valence-corrected chi connectivity index (χ4v) is 3.56. The minimum atomic E-state index is -0.629. The number of hydrogen-bond donors (Lipinski definition) is 1. The molecule has 1 aromatic carbocycles. The summed E-state index contributed by atoms with van der Waals surface area (Å²) in [6, 6.07) is 7.67. The van der Waals surface area contributed by atoms with Gasteiger partial charge in [-0.15, -0.1) is 0 Å². The van der Waals surface area contributed by atoms with E-state index in [1.165, 1.54) is 0 Å². The number of thioether (sulfide) groups is 1. The number of ether oxygens (including phenoxy) is 2. The molecule has 0 bridgehead atoms. The molecule has 20 heavy (non-hydrogen) atoms. The van der Waals surface area contributed by atoms with Crippen LogP contribution in [0.1, 0.15) is 19.8 Å². The first-order chi connectivity index (χ1) is 9.72. The van der Waals surface area contributed by atoms with Crippen molar-refractivity contribution >= 4 is 23.4 Å². The van der Waals surface area contributed by atoms with Gasteiger partial charge in [-0.05, 0) is 43.4 Å². The van der Waals surface area contributed by atoms with Gasteiger partial charge in [-0.25, -0.2) is 4.79 Å². The SMILES string of the molecule is CCOC(=O)C1(Nc2ccccc2OC)CCSCC1. The molecule has 1 saturated heterocycles. The summed E-state index contributed by atoms with van der Waals surface area (Å²) < 4.78 is 10.6. The Morgan fingerprint density at radius 3 is 2.70 bits per heavy atom. The van der Waals surface area contributed by atoms with Gasteiger partial charge in [0.15, 0.2) is 0 Å². The molecule has 0 spiro atoms. The summed E-state index contributed by atoms with van der Waals surface area (Å²) in [6.07, 6.45) is 1.54. The highest BCUT2D eigenvalue weighted by Crippen LogP contribution is 2.35. The zero-order valence-electron chi connectivity index (χ0n) is 12.0. The van der Waals surface area contributed by atoms with Gasteiger partial charge in [0.2, 0.25) is 0 Å². The third kappa shape index (κ3) is 3.20. The Bertz CT molecular complexity index is 458. The molecule has 110 valence electrons. The van der Waals surface area contributed by atoms with Crippen molar-refractivity contribution in [1.82, 2.24) is 0 Å². The molecule has 1 N–H and O–H groups in total. The van der Waals surface area contributed by atoms with Gasteiger partial charge < -0.3 is 14.8 Å². The number of rotatable bonds is 5. The van der Waals surface area contributed by atoms with Crippen LogP contribution in [-0.2, 0) is 9.53 Å². The first-order valence-corrected chi connectivity index (χ1v) is 8.03. The normalized spacial score (nSPS) is 17.3. The lowest BCUT2D eigenvalue weighted by Gasteiger charge is -2.36. The molecule has 1 heterocycles. The maximum Gasteiger partial charge on any atom is 0.331 e. The van der Waals surface area contributed by atoms with Crippen molar-refractivity contribution in [2.24, 2.45) is 0 Å². The number of benzene rings is 1. The van der Waals surface area contributed by atoms with E-state index in [2.05, 4.69) is 5.32 Å². The van der Waals surface area contributed by atoms with E-state index >= 15 is 0 Å². The predicted molar refractivity (Wildman–Crippen MR) is 82.5 cm³/mol. The second-order valence-corrected chi connectivity index (χ2v) is 5.96. The van der Waals surface area contributed by atoms with Crippen molar-refractivity contribution in [3.05, 3.63) is 24.3 Å². The van der Waals surface area contributed by atoms with Crippen LogP contribution < -0.4 is 10.1 Å². The summed E-state index contributed by atoms with van der Waals surface area (Å²) >= 11 is 1.87. The molecule has 1 aromatic rings. The second kappa shape index (κ2) is 6.88. The van der Waals surface area contributed by atoms with Crippen LogP contribution in [0.2, 0.25) is 0 Å². The average molecular weight is 295 g/mol. The Hall–Kier alpha value is -1.36. The zero-order valence-corrected chi connectivity index (χ0v) is 12.8. The summed E-state index contributed by atoms with van der Waals surface area (Å²) in [7, 11) is 1.63. The largest absolute Gasteiger partial charge is 0.495 e. The van der Waals surface area contributed by atoms with Crippen LogP contribution in [0.3, 0.4) is 0 Å². The lowest BCUT2D eigenvalue weighted by Crippen LogP contribution is -2.50. The van der Waals surface area contributed by atoms with E-state index in [9.17, 15) is 4.79 Å². The standard InChI is InChI=1S/C15H21NO3S/c1-3-19-14(17)15(8-10-20-11-9-15)16-12-6-4-5-7-13(12)18-2/h4-7,16H,3,8-11H2,1-2H3. The second-order valence-electron chi connectivity index (χ2n) is 4.74. The molecule has 0 aromatic heterocycles. The van der Waals surface area contributed by atoms with E-state index in [0.717, 1.165) is 35.8 Å². The fourth-order valence-electron chi connectivity index (χ4n) is 2.37. The van der Waals surface area contributed by atoms with Crippen molar-refractivity contribution in [3.63, 3.8) is 0 Å². The molecule has 0 aliphatic carbocycles. The molecule has 2 rings (SSSR count). The van der Waals surface area contributed by atoms with Gasteiger partial charge in [-0.3, -0.25) is 0 Å². The Labute approximate surface area is 124 Å². The first kappa shape index (κ1) is 15.0. The molecule has 0 amide bonds. The molecule has 0 saturated carbocycles. The zero-order chi connectivity index (χ0) is 14.4. The molecule has 5 heteroatoms. The smallest absolute Gasteiger partial charge is 0.331 e. The van der Waals surface area contributed by atoms with Crippen LogP contribution in [0, 0.1) is 0 Å². The number of hydrogen-bond acceptors (Lipinski definition) is 5. The van der Waals surface area contributed by atoms with Crippen LogP contribution in [-0.4, -0.2) is 36.7 Å². The van der Waals surface area contributed by atoms with E-state index in [4.69, 9.17) is 9.47 Å². The molecule has 0 atom stereocenters. The number of anilines is 1. The number of nitrogens with one attached hydrogen (secondary N) is 1. The van der Waals surface area contributed by atoms with Gasteiger partial charge >= 0.3 is 5.97 Å². The van der Waals surface area contributed by atoms with Gasteiger partial charge in [0.05, 0.1) is 19.4 Å². The van der Waals surface area contributed by atoms with E-state index in [-0.39, 0.29) is 5.97 Å². The average Bonchev–Trinajstić information content (AvgIpc) is 2.49. The Kier molecular flexibility index (Phi) is 5.17. The Morgan fingerprint density at radius 1 is 1.35 bits per heavy atom. The van der Waals surface area contributed by atoms with E-state index < -0.39 is 5.54 Å². The number of para-hydroxylation sites is 2. The van der Waals surface area contributed by atoms with E-state index in [1.807, 2.05) is 43.0 Å². The van der Waals surface area contributed by atoms with Crippen LogP contribution in [0.4, 0.5) is 5.69 Å². The summed E-state index contributed by atoms with van der Waals surface area (Å²) in [5.74, 6) is 2.50. The third-order valence-electron chi connectivity index (χ3n) is 3.49. The lowest BCUT2D eigenvalue weighted by atomic mass is 9.91. The van der Waals surface area contributed by atoms with Crippen molar-refractivity contribution in [3.8, 4) is 5.75 Å². The predicted octanol–water partition coefficient (Wildman–Crippen LogP) is 2.94. The molecular weight excluding hydrogens is 274 g/mol. The van der Waals surface area contributed by atoms with Crippen molar-refractivity contribution < 1.29 is 14.3 Å². The van der Waals surface area contributed by atoms with Gasteiger partial charge in [0, 0.05) is 0 Å². The Balaban J connectivity index is 2.25. The van der Waals surface area contributed by atoms with Crippen molar-refractivity contribution in [2.75, 3.05) is 30.5 Å². The molecule has 1 fully saturated rings. The topological polar surface area (TPSA) is 47.6 Å². The van der Waals surface area contributed by atoms with E-state index in [1.54, 1.807) is 7.11 Å². The van der Waals surface area contributed by atoms with Crippen molar-refractivity contribution in [1.29, 1.82) is 0 Å². The lowest BCUT2D eigenvalue weighted by molar-refractivity contribution is -0.148. The highest BCUT2D eigenvalue weighted by molar-refractivity contribution is 7.99. The van der Waals surface area contributed by atoms with Gasteiger partial charge in [-0.1, -0.05) is 12.1 Å². The maximum absolute atomic E-state index is 12.4. The number of carbonyl (C=O) groups is 1. The van der Waals surface area contributed by atoms with Crippen LogP contribution in [0.15, 0.2) is 24.3 Å². The van der Waals surface area contributed by atoms with E-state index in [0.29, 0.717) is 6.61 Å². The van der Waals surface area contributed by atoms with Gasteiger partial charge in [0.1, 0.15) is 11.3 Å². The highest BCUT2D eigenvalue weighted by Gasteiger charge is 2.41. The monoisotopic (exact) mass is 295 g/mol. The minimum Gasteiger partial charge on any atom is -0.495 e. The summed E-state index contributed by atoms with van der Waals surface area (Å²) in [5.41, 5.74) is 0.213. The number of carbonyl (C=O) groups excluding carboxylic acids is 1. The minimum absolute atomic E-state index is 0.161. The van der Waals surface area contributed by atoms with Crippen LogP contribution in [0.25, 0.3) is 0 Å². The molecule has 1 aliphatic rings. The molecule has 4 nitrogen and oxygen atoms in total. The first-order valence-electron chi connectivity index (χ1n) is 6.88. The Morgan fingerprint density at radius 2 is 2.05 bits per heavy atom. The van der Waals surface area contributed by atoms with Crippen LogP contribution in [0.5, 0.6) is 5.75 Å². The molecule has 1 aliphatic heterocycles. The van der Waals surface area contributed by atoms with Gasteiger partial charge in [0.25, 0.3) is 0 Å². The summed E-state index contributed by atoms with van der Waals surface area (Å²) in [4.78, 5) is 12.4. The number of esters is 1. The van der Waals surface area contributed by atoms with Crippen molar-refractivity contribution in [2.45, 2.75) is 25.3 Å². The molecular formula is C15H21NO3S. The summed E-state index contributed by atoms with van der Waals surface area (Å²) in [5, 5.41) is 3.39. The highest BCUT2D eigenvalue weighted by atomic mass is 32.2. The van der Waals surface area contributed by atoms with Gasteiger partial charge in [-0.2, -0.15) is 11.8 Å². The quantitative estimate of drug-likeness (QED) is 0.846. The van der Waals surface area contributed by atoms with Crippen LogP contribution >= 0.6 is 11.8 Å².